The number of aromatic nitrogens is 6. The van der Waals surface area contributed by atoms with Gasteiger partial charge in [0.15, 0.2) is 5.82 Å². The molecule has 0 bridgehead atoms. The quantitative estimate of drug-likeness (QED) is 0.368. The zero-order chi connectivity index (χ0) is 23.8. The van der Waals surface area contributed by atoms with Crippen LogP contribution in [0.2, 0.25) is 4.34 Å². The van der Waals surface area contributed by atoms with E-state index < -0.39 is 6.10 Å². The number of aliphatic hydroxyl groups is 1. The largest absolute Gasteiger partial charge is 0.389 e. The Hall–Kier alpha value is -2.82. The Labute approximate surface area is 205 Å². The molecule has 178 valence electrons. The van der Waals surface area contributed by atoms with Crippen molar-refractivity contribution in [2.75, 3.05) is 0 Å². The molecule has 3 N–H and O–H groups in total. The molecule has 3 atom stereocenters. The van der Waals surface area contributed by atoms with Crippen molar-refractivity contribution >= 4 is 39.9 Å². The number of nitrogens with zero attached hydrogens (tertiary/aromatic N) is 5. The molecule has 0 saturated heterocycles. The van der Waals surface area contributed by atoms with E-state index in [-0.39, 0.29) is 18.0 Å². The first kappa shape index (κ1) is 22.9. The van der Waals surface area contributed by atoms with E-state index in [0.29, 0.717) is 33.1 Å². The van der Waals surface area contributed by atoms with Crippen molar-refractivity contribution in [1.82, 2.24) is 35.0 Å². The first-order valence-corrected chi connectivity index (χ1v) is 12.6. The molecule has 11 heteroatoms. The number of H-pyrrole nitrogens is 1. The summed E-state index contributed by atoms with van der Waals surface area (Å²) < 4.78 is 2.70. The van der Waals surface area contributed by atoms with Crippen molar-refractivity contribution in [3.05, 3.63) is 45.8 Å². The minimum Gasteiger partial charge on any atom is -0.389 e. The van der Waals surface area contributed by atoms with E-state index in [4.69, 9.17) is 16.6 Å². The molecule has 0 radical (unpaired) electrons. The van der Waals surface area contributed by atoms with Crippen molar-refractivity contribution in [1.29, 1.82) is 0 Å². The third-order valence-electron chi connectivity index (χ3n) is 6.16. The van der Waals surface area contributed by atoms with Crippen molar-refractivity contribution in [2.24, 2.45) is 5.92 Å². The van der Waals surface area contributed by atoms with Gasteiger partial charge >= 0.3 is 0 Å². The predicted molar refractivity (Wildman–Crippen MR) is 131 cm³/mol. The molecular formula is C23H26ClN7O2S. The van der Waals surface area contributed by atoms with Crippen molar-refractivity contribution in [3.8, 4) is 11.5 Å². The SMILES string of the molecule is CC(C)Cc1nc2cnc(-c3ncn[nH]3)cc2n1[C@@H]1CCC[C@H](NC(=O)c2ccc(Cl)s2)[C@H]1O. The Morgan fingerprint density at radius 3 is 2.91 bits per heavy atom. The second kappa shape index (κ2) is 9.44. The number of imidazole rings is 1. The third kappa shape index (κ3) is 4.45. The van der Waals surface area contributed by atoms with Crippen LogP contribution in [0.4, 0.5) is 0 Å². The Morgan fingerprint density at radius 2 is 2.21 bits per heavy atom. The van der Waals surface area contributed by atoms with Gasteiger partial charge in [0.05, 0.1) is 39.1 Å². The van der Waals surface area contributed by atoms with E-state index in [2.05, 4.69) is 43.9 Å². The van der Waals surface area contributed by atoms with E-state index in [1.165, 1.54) is 17.7 Å². The molecule has 0 spiro atoms. The Kier molecular flexibility index (Phi) is 6.37. The van der Waals surface area contributed by atoms with Crippen LogP contribution in [-0.4, -0.2) is 52.9 Å². The van der Waals surface area contributed by atoms with Crippen molar-refractivity contribution < 1.29 is 9.90 Å². The summed E-state index contributed by atoms with van der Waals surface area (Å²) in [5.74, 6) is 1.65. The van der Waals surface area contributed by atoms with Gasteiger partial charge in [-0.05, 0) is 43.4 Å². The average Bonchev–Trinajstić information content (AvgIpc) is 3.54. The molecule has 0 aromatic carbocycles. The number of carbonyl (C=O) groups excluding carboxylic acids is 1. The first-order valence-electron chi connectivity index (χ1n) is 11.4. The molecule has 9 nitrogen and oxygen atoms in total. The van der Waals surface area contributed by atoms with Gasteiger partial charge in [0.2, 0.25) is 0 Å². The van der Waals surface area contributed by atoms with Gasteiger partial charge in [-0.3, -0.25) is 14.9 Å². The number of hydrogen-bond acceptors (Lipinski definition) is 7. The highest BCUT2D eigenvalue weighted by Crippen LogP contribution is 2.35. The molecule has 0 unspecified atom stereocenters. The van der Waals surface area contributed by atoms with Crippen LogP contribution in [-0.2, 0) is 6.42 Å². The Bertz CT molecular complexity index is 1300. The lowest BCUT2D eigenvalue weighted by Gasteiger charge is -2.37. The number of thiophene rings is 1. The summed E-state index contributed by atoms with van der Waals surface area (Å²) in [4.78, 5) is 26.9. The fourth-order valence-electron chi connectivity index (χ4n) is 4.66. The summed E-state index contributed by atoms with van der Waals surface area (Å²) >= 11 is 7.23. The van der Waals surface area contributed by atoms with Crippen LogP contribution in [0.15, 0.2) is 30.7 Å². The zero-order valence-corrected chi connectivity index (χ0v) is 20.5. The number of rotatable bonds is 6. The number of pyridine rings is 1. The topological polar surface area (TPSA) is 122 Å². The van der Waals surface area contributed by atoms with Gasteiger partial charge in [-0.25, -0.2) is 9.97 Å². The van der Waals surface area contributed by atoms with E-state index in [0.717, 1.165) is 36.1 Å². The van der Waals surface area contributed by atoms with Gasteiger partial charge in [0, 0.05) is 6.42 Å². The highest BCUT2D eigenvalue weighted by atomic mass is 35.5. The van der Waals surface area contributed by atoms with Crippen LogP contribution in [0.5, 0.6) is 0 Å². The lowest BCUT2D eigenvalue weighted by Crippen LogP contribution is -2.49. The number of fused-ring (bicyclic) bond motifs is 1. The number of halogens is 1. The molecule has 1 aliphatic carbocycles. The summed E-state index contributed by atoms with van der Waals surface area (Å²) in [5.41, 5.74) is 2.32. The molecule has 1 fully saturated rings. The van der Waals surface area contributed by atoms with Crippen LogP contribution in [0.3, 0.4) is 0 Å². The normalized spacial score (nSPS) is 20.8. The highest BCUT2D eigenvalue weighted by Gasteiger charge is 2.36. The second-order valence-corrected chi connectivity index (χ2v) is 10.8. The van der Waals surface area contributed by atoms with Crippen LogP contribution in [0.1, 0.15) is 54.6 Å². The average molecular weight is 500 g/mol. The number of aromatic amines is 1. The maximum absolute atomic E-state index is 12.8. The molecule has 0 aliphatic heterocycles. The van der Waals surface area contributed by atoms with Gasteiger partial charge in [-0.15, -0.1) is 11.3 Å². The number of carbonyl (C=O) groups is 1. The zero-order valence-electron chi connectivity index (χ0n) is 18.9. The second-order valence-electron chi connectivity index (χ2n) is 9.06. The van der Waals surface area contributed by atoms with Gasteiger partial charge in [0.25, 0.3) is 5.91 Å². The summed E-state index contributed by atoms with van der Waals surface area (Å²) in [7, 11) is 0. The fraction of sp³-hybridized carbons (Fsp3) is 0.435. The van der Waals surface area contributed by atoms with Gasteiger partial charge in [0.1, 0.15) is 23.4 Å². The minimum atomic E-state index is -0.765. The molecule has 34 heavy (non-hydrogen) atoms. The van der Waals surface area contributed by atoms with E-state index >= 15 is 0 Å². The highest BCUT2D eigenvalue weighted by molar-refractivity contribution is 7.18. The number of nitrogens with one attached hydrogen (secondary N) is 2. The van der Waals surface area contributed by atoms with Crippen LogP contribution in [0, 0.1) is 5.92 Å². The van der Waals surface area contributed by atoms with Gasteiger partial charge < -0.3 is 15.0 Å². The van der Waals surface area contributed by atoms with Crippen LogP contribution >= 0.6 is 22.9 Å². The van der Waals surface area contributed by atoms with E-state index in [9.17, 15) is 9.90 Å². The minimum absolute atomic E-state index is 0.212. The van der Waals surface area contributed by atoms with Crippen LogP contribution in [0.25, 0.3) is 22.6 Å². The van der Waals surface area contributed by atoms with Crippen LogP contribution < -0.4 is 5.32 Å². The number of aliphatic hydroxyl groups excluding tert-OH is 1. The molecule has 4 heterocycles. The van der Waals surface area contributed by atoms with E-state index in [1.807, 2.05) is 6.07 Å². The molecule has 1 saturated carbocycles. The van der Waals surface area contributed by atoms with Crippen molar-refractivity contribution in [3.63, 3.8) is 0 Å². The van der Waals surface area contributed by atoms with Gasteiger partial charge in [-0.2, -0.15) is 5.10 Å². The number of hydrogen-bond donors (Lipinski definition) is 3. The first-order chi connectivity index (χ1) is 16.4. The standard InChI is InChI=1S/C23H26ClN7O2S/c1-12(2)8-20-28-15-10-25-14(22-26-11-27-30-22)9-17(15)31(20)16-5-3-4-13(21(16)32)29-23(33)18-6-7-19(24)34-18/h6-7,9-13,16,21,32H,3-5,8H2,1-2H3,(H,29,33)(H,26,27,30)/t13-,16+,21+/m0/s1. The lowest BCUT2D eigenvalue weighted by atomic mass is 9.87. The Morgan fingerprint density at radius 1 is 1.35 bits per heavy atom. The molecular weight excluding hydrogens is 474 g/mol. The lowest BCUT2D eigenvalue weighted by molar-refractivity contribution is 0.0403. The summed E-state index contributed by atoms with van der Waals surface area (Å²) in [5, 5.41) is 21.2. The molecule has 4 aromatic rings. The molecule has 1 amide bonds. The third-order valence-corrected chi connectivity index (χ3v) is 7.39. The molecule has 5 rings (SSSR count). The fourth-order valence-corrected chi connectivity index (χ4v) is 5.60. The van der Waals surface area contributed by atoms with Crippen molar-refractivity contribution in [2.45, 2.75) is 57.7 Å². The maximum atomic E-state index is 12.8. The summed E-state index contributed by atoms with van der Waals surface area (Å²) in [6, 6.07) is 4.76. The predicted octanol–water partition coefficient (Wildman–Crippen LogP) is 4.01. The summed E-state index contributed by atoms with van der Waals surface area (Å²) in [6.07, 6.45) is 5.55. The maximum Gasteiger partial charge on any atom is 0.261 e. The monoisotopic (exact) mass is 499 g/mol. The smallest absolute Gasteiger partial charge is 0.261 e. The summed E-state index contributed by atoms with van der Waals surface area (Å²) in [6.45, 7) is 4.29. The Balaban J connectivity index is 1.50. The van der Waals surface area contributed by atoms with E-state index in [1.54, 1.807) is 18.3 Å². The molecule has 4 aromatic heterocycles. The number of amides is 1. The van der Waals surface area contributed by atoms with Gasteiger partial charge in [-0.1, -0.05) is 25.4 Å². The molecule has 1 aliphatic rings.